The first-order valence-electron chi connectivity index (χ1n) is 10.1. The van der Waals surface area contributed by atoms with E-state index in [2.05, 4.69) is 98.7 Å². The van der Waals surface area contributed by atoms with Gasteiger partial charge in [0.15, 0.2) is 0 Å². The van der Waals surface area contributed by atoms with Gasteiger partial charge < -0.3 is 9.64 Å². The quantitative estimate of drug-likeness (QED) is 0.470. The minimum absolute atomic E-state index is 0.689. The minimum atomic E-state index is 0.689. The fourth-order valence-corrected chi connectivity index (χ4v) is 4.89. The van der Waals surface area contributed by atoms with E-state index in [0.717, 1.165) is 18.7 Å². The van der Waals surface area contributed by atoms with Crippen LogP contribution in [0.25, 0.3) is 11.1 Å². The maximum absolute atomic E-state index is 6.03. The van der Waals surface area contributed by atoms with Crippen LogP contribution >= 0.6 is 11.8 Å². The van der Waals surface area contributed by atoms with Gasteiger partial charge in [-0.3, -0.25) is 0 Å². The molecule has 0 fully saturated rings. The normalized spacial score (nSPS) is 13.1. The van der Waals surface area contributed by atoms with Crippen molar-refractivity contribution in [3.8, 4) is 5.75 Å². The second-order valence-electron chi connectivity index (χ2n) is 7.48. The van der Waals surface area contributed by atoms with Crippen LogP contribution in [-0.4, -0.2) is 32.1 Å². The van der Waals surface area contributed by atoms with E-state index in [-0.39, 0.29) is 0 Å². The number of rotatable bonds is 6. The third-order valence-corrected chi connectivity index (χ3v) is 6.31. The number of hydrogen-bond acceptors (Lipinski definition) is 3. The maximum atomic E-state index is 6.03. The topological polar surface area (TPSA) is 12.5 Å². The highest BCUT2D eigenvalue weighted by Crippen LogP contribution is 2.47. The molecule has 0 saturated carbocycles. The molecule has 4 rings (SSSR count). The lowest BCUT2D eigenvalue weighted by Crippen LogP contribution is -2.19. The molecule has 0 unspecified atom stereocenters. The Labute approximate surface area is 178 Å². The summed E-state index contributed by atoms with van der Waals surface area (Å²) < 4.78 is 6.03. The molecule has 0 N–H and O–H groups in total. The van der Waals surface area contributed by atoms with Crippen molar-refractivity contribution >= 4 is 22.9 Å². The van der Waals surface area contributed by atoms with Crippen LogP contribution in [0.5, 0.6) is 5.75 Å². The van der Waals surface area contributed by atoms with Crippen molar-refractivity contribution in [3.05, 3.63) is 89.5 Å². The molecule has 3 aromatic rings. The summed E-state index contributed by atoms with van der Waals surface area (Å²) in [5.74, 6) is 0.933. The van der Waals surface area contributed by atoms with Gasteiger partial charge in [-0.15, -0.1) is 0 Å². The lowest BCUT2D eigenvalue weighted by Gasteiger charge is -2.17. The molecule has 1 aliphatic rings. The van der Waals surface area contributed by atoms with Gasteiger partial charge in [0.1, 0.15) is 12.4 Å². The van der Waals surface area contributed by atoms with Crippen LogP contribution in [0.2, 0.25) is 0 Å². The molecule has 0 atom stereocenters. The van der Waals surface area contributed by atoms with Gasteiger partial charge in [0.2, 0.25) is 0 Å². The molecule has 3 heteroatoms. The van der Waals surface area contributed by atoms with Gasteiger partial charge in [0.25, 0.3) is 0 Å². The van der Waals surface area contributed by atoms with Crippen LogP contribution in [-0.2, 0) is 0 Å². The summed E-state index contributed by atoms with van der Waals surface area (Å²) >= 11 is 1.84. The number of hydrogen-bond donors (Lipinski definition) is 0. The molecule has 0 aliphatic carbocycles. The summed E-state index contributed by atoms with van der Waals surface area (Å²) in [6.45, 7) is 3.85. The van der Waals surface area contributed by atoms with E-state index in [1.54, 1.807) is 0 Å². The molecule has 0 amide bonds. The summed E-state index contributed by atoms with van der Waals surface area (Å²) in [4.78, 5) is 4.70. The summed E-state index contributed by atoms with van der Waals surface area (Å²) in [6.07, 6.45) is 0.988. The summed E-state index contributed by atoms with van der Waals surface area (Å²) in [5.41, 5.74) is 6.63. The smallest absolute Gasteiger partial charge is 0.120 e. The number of benzene rings is 3. The number of nitrogens with zero attached hydrogens (tertiary/aromatic N) is 1. The van der Waals surface area contributed by atoms with Crippen molar-refractivity contribution < 1.29 is 4.74 Å². The van der Waals surface area contributed by atoms with E-state index in [4.69, 9.17) is 4.74 Å². The molecular formula is C26H27NOS. The highest BCUT2D eigenvalue weighted by molar-refractivity contribution is 7.99. The van der Waals surface area contributed by atoms with E-state index in [0.29, 0.717) is 6.61 Å². The van der Waals surface area contributed by atoms with Gasteiger partial charge in [0, 0.05) is 16.3 Å². The molecule has 0 saturated heterocycles. The van der Waals surface area contributed by atoms with Gasteiger partial charge in [-0.25, -0.2) is 0 Å². The van der Waals surface area contributed by atoms with Crippen molar-refractivity contribution in [2.75, 3.05) is 27.2 Å². The molecule has 1 heterocycles. The Morgan fingerprint density at radius 3 is 2.34 bits per heavy atom. The standard InChI is InChI=1S/C26H27NOS/c1-4-21-22-12-8-9-13-24(22)29-25-18-20(28-17-16-27(2)3)14-15-23(25)26(21)19-10-6-5-7-11-19/h5-15,18H,4,16-17H2,1-3H3. The second-order valence-corrected chi connectivity index (χ2v) is 8.56. The molecule has 0 bridgehead atoms. The summed E-state index contributed by atoms with van der Waals surface area (Å²) in [5, 5.41) is 0. The van der Waals surface area contributed by atoms with Crippen molar-refractivity contribution in [1.82, 2.24) is 4.90 Å². The Balaban J connectivity index is 1.85. The molecule has 29 heavy (non-hydrogen) atoms. The van der Waals surface area contributed by atoms with Crippen molar-refractivity contribution in [2.45, 2.75) is 23.1 Å². The SMILES string of the molecule is CCC1=C(c2ccccc2)c2ccc(OCCN(C)C)cc2Sc2ccccc21. The van der Waals surface area contributed by atoms with Crippen LogP contribution in [0.15, 0.2) is 82.6 Å². The molecule has 0 aromatic heterocycles. The van der Waals surface area contributed by atoms with E-state index in [1.165, 1.54) is 37.6 Å². The lowest BCUT2D eigenvalue weighted by atomic mass is 9.88. The first-order chi connectivity index (χ1) is 14.2. The van der Waals surface area contributed by atoms with Gasteiger partial charge in [-0.1, -0.05) is 67.2 Å². The Hall–Kier alpha value is -2.49. The highest BCUT2D eigenvalue weighted by Gasteiger charge is 2.22. The van der Waals surface area contributed by atoms with E-state index in [9.17, 15) is 0 Å². The first-order valence-corrected chi connectivity index (χ1v) is 11.0. The maximum Gasteiger partial charge on any atom is 0.120 e. The van der Waals surface area contributed by atoms with Gasteiger partial charge in [-0.05, 0) is 72.6 Å². The summed E-state index contributed by atoms with van der Waals surface area (Å²) in [7, 11) is 4.13. The number of fused-ring (bicyclic) bond motifs is 2. The Morgan fingerprint density at radius 2 is 1.59 bits per heavy atom. The molecule has 2 nitrogen and oxygen atoms in total. The van der Waals surface area contributed by atoms with Crippen molar-refractivity contribution in [2.24, 2.45) is 0 Å². The Bertz CT molecular complexity index is 1020. The fourth-order valence-electron chi connectivity index (χ4n) is 3.75. The van der Waals surface area contributed by atoms with Crippen LogP contribution in [0.4, 0.5) is 0 Å². The highest BCUT2D eigenvalue weighted by atomic mass is 32.2. The second kappa shape index (κ2) is 8.89. The van der Waals surface area contributed by atoms with Crippen LogP contribution in [0, 0.1) is 0 Å². The van der Waals surface area contributed by atoms with Crippen molar-refractivity contribution in [1.29, 1.82) is 0 Å². The van der Waals surface area contributed by atoms with Crippen LogP contribution < -0.4 is 4.74 Å². The monoisotopic (exact) mass is 401 g/mol. The van der Waals surface area contributed by atoms with Crippen molar-refractivity contribution in [3.63, 3.8) is 0 Å². The fraction of sp³-hybridized carbons (Fsp3) is 0.231. The molecular weight excluding hydrogens is 374 g/mol. The predicted octanol–water partition coefficient (Wildman–Crippen LogP) is 6.46. The van der Waals surface area contributed by atoms with Gasteiger partial charge >= 0.3 is 0 Å². The third-order valence-electron chi connectivity index (χ3n) is 5.18. The van der Waals surface area contributed by atoms with E-state index in [1.807, 2.05) is 11.8 Å². The largest absolute Gasteiger partial charge is 0.492 e. The van der Waals surface area contributed by atoms with E-state index >= 15 is 0 Å². The third kappa shape index (κ3) is 4.26. The summed E-state index contributed by atoms with van der Waals surface area (Å²) in [6, 6.07) is 26.1. The van der Waals surface area contributed by atoms with Crippen LogP contribution in [0.1, 0.15) is 30.0 Å². The van der Waals surface area contributed by atoms with Crippen LogP contribution in [0.3, 0.4) is 0 Å². The van der Waals surface area contributed by atoms with Gasteiger partial charge in [0.05, 0.1) is 0 Å². The van der Waals surface area contributed by atoms with E-state index < -0.39 is 0 Å². The molecule has 148 valence electrons. The molecule has 1 aliphatic heterocycles. The Morgan fingerprint density at radius 1 is 0.828 bits per heavy atom. The molecule has 3 aromatic carbocycles. The Kier molecular flexibility index (Phi) is 6.08. The average Bonchev–Trinajstić information content (AvgIpc) is 2.87. The zero-order valence-corrected chi connectivity index (χ0v) is 18.1. The predicted molar refractivity (Wildman–Crippen MR) is 124 cm³/mol. The average molecular weight is 402 g/mol. The van der Waals surface area contributed by atoms with Gasteiger partial charge in [-0.2, -0.15) is 0 Å². The zero-order chi connectivity index (χ0) is 20.2. The first kappa shape index (κ1) is 19.8. The number of likely N-dealkylation sites (N-methyl/N-ethyl adjacent to an activating group) is 1. The number of allylic oxidation sites excluding steroid dienone is 1. The minimum Gasteiger partial charge on any atom is -0.492 e. The zero-order valence-electron chi connectivity index (χ0n) is 17.3. The lowest BCUT2D eigenvalue weighted by molar-refractivity contribution is 0.261. The molecule has 0 spiro atoms. The molecule has 0 radical (unpaired) electrons. The number of ether oxygens (including phenoxy) is 1.